The third-order valence-electron chi connectivity index (χ3n) is 3.07. The lowest BCUT2D eigenvalue weighted by Gasteiger charge is -2.26. The molecule has 3 heterocycles. The number of ether oxygens (including phenoxy) is 3. The lowest BCUT2D eigenvalue weighted by atomic mass is 10.3. The van der Waals surface area contributed by atoms with E-state index in [1.807, 2.05) is 0 Å². The highest BCUT2D eigenvalue weighted by molar-refractivity contribution is 4.71. The van der Waals surface area contributed by atoms with Crippen molar-refractivity contribution in [3.63, 3.8) is 0 Å². The largest absolute Gasteiger partial charge is 0.376 e. The van der Waals surface area contributed by atoms with Gasteiger partial charge in [-0.05, 0) is 0 Å². The molecule has 18 heavy (non-hydrogen) atoms. The molecule has 6 heteroatoms. The maximum absolute atomic E-state index is 5.40. The Balaban J connectivity index is 0.000000134. The molecule has 0 aliphatic carbocycles. The number of epoxide rings is 2. The van der Waals surface area contributed by atoms with Gasteiger partial charge in [0.25, 0.3) is 0 Å². The van der Waals surface area contributed by atoms with Gasteiger partial charge in [-0.15, -0.1) is 0 Å². The molecule has 0 bridgehead atoms. The lowest BCUT2D eigenvalue weighted by molar-refractivity contribution is 0.102. The van der Waals surface area contributed by atoms with Gasteiger partial charge in [0.05, 0.1) is 26.4 Å². The highest BCUT2D eigenvalue weighted by Crippen LogP contribution is 2.12. The zero-order valence-electron chi connectivity index (χ0n) is 11.0. The molecule has 2 atom stereocenters. The Kier molecular flexibility index (Phi) is 6.33. The highest BCUT2D eigenvalue weighted by Gasteiger charge is 2.26. The molecule has 3 aliphatic heterocycles. The minimum absolute atomic E-state index is 0.392. The first-order valence-electron chi connectivity index (χ1n) is 6.82. The zero-order chi connectivity index (χ0) is 12.6. The van der Waals surface area contributed by atoms with Crippen molar-refractivity contribution >= 4 is 0 Å². The van der Waals surface area contributed by atoms with E-state index in [-0.39, 0.29) is 0 Å². The van der Waals surface area contributed by atoms with Crippen LogP contribution in [0.15, 0.2) is 0 Å². The van der Waals surface area contributed by atoms with Crippen LogP contribution in [0.25, 0.3) is 0 Å². The standard InChI is InChI=1S/C6H15N3.C6H10O3/c7-1-4-9-5-2-8-3-6-9;1(5-3-8-5)7-2-6-4-9-6/h8H,1-7H2;5-6H,1-4H2. The summed E-state index contributed by atoms with van der Waals surface area (Å²) in [5, 5.41) is 3.29. The SMILES string of the molecule is C(OCC1CO1)C1CO1.NCCN1CCNCC1. The van der Waals surface area contributed by atoms with Crippen LogP contribution in [0, 0.1) is 0 Å². The minimum atomic E-state index is 0.392. The fourth-order valence-corrected chi connectivity index (χ4v) is 1.78. The average Bonchev–Trinajstić information content (AvgIpc) is 3.27. The van der Waals surface area contributed by atoms with Gasteiger partial charge in [0, 0.05) is 39.3 Å². The lowest BCUT2D eigenvalue weighted by Crippen LogP contribution is -2.45. The van der Waals surface area contributed by atoms with Gasteiger partial charge >= 0.3 is 0 Å². The van der Waals surface area contributed by atoms with E-state index in [4.69, 9.17) is 19.9 Å². The van der Waals surface area contributed by atoms with E-state index in [0.29, 0.717) is 12.2 Å². The van der Waals surface area contributed by atoms with Crippen LogP contribution in [0.4, 0.5) is 0 Å². The van der Waals surface area contributed by atoms with Crippen LogP contribution in [0.1, 0.15) is 0 Å². The monoisotopic (exact) mass is 259 g/mol. The maximum Gasteiger partial charge on any atom is 0.104 e. The van der Waals surface area contributed by atoms with Crippen LogP contribution >= 0.6 is 0 Å². The average molecular weight is 259 g/mol. The predicted molar refractivity (Wildman–Crippen MR) is 68.7 cm³/mol. The molecule has 0 amide bonds. The summed E-state index contributed by atoms with van der Waals surface area (Å²) in [5.74, 6) is 0. The smallest absolute Gasteiger partial charge is 0.104 e. The summed E-state index contributed by atoms with van der Waals surface area (Å²) in [5.41, 5.74) is 5.40. The fraction of sp³-hybridized carbons (Fsp3) is 1.00. The minimum Gasteiger partial charge on any atom is -0.376 e. The molecule has 0 saturated carbocycles. The summed E-state index contributed by atoms with van der Waals surface area (Å²) >= 11 is 0. The molecule has 106 valence electrons. The second kappa shape index (κ2) is 8.04. The summed E-state index contributed by atoms with van der Waals surface area (Å²) in [4.78, 5) is 2.39. The molecule has 3 N–H and O–H groups in total. The zero-order valence-corrected chi connectivity index (χ0v) is 11.0. The topological polar surface area (TPSA) is 75.6 Å². The molecule has 2 unspecified atom stereocenters. The van der Waals surface area contributed by atoms with Crippen molar-refractivity contribution in [2.75, 3.05) is 65.7 Å². The highest BCUT2D eigenvalue weighted by atomic mass is 16.6. The van der Waals surface area contributed by atoms with Crippen molar-refractivity contribution < 1.29 is 14.2 Å². The van der Waals surface area contributed by atoms with Crippen molar-refractivity contribution in [2.24, 2.45) is 5.73 Å². The first-order valence-corrected chi connectivity index (χ1v) is 6.82. The third-order valence-corrected chi connectivity index (χ3v) is 3.07. The second-order valence-electron chi connectivity index (χ2n) is 4.83. The normalized spacial score (nSPS) is 30.5. The molecular weight excluding hydrogens is 234 g/mol. The van der Waals surface area contributed by atoms with Crippen molar-refractivity contribution in [3.05, 3.63) is 0 Å². The third kappa shape index (κ3) is 6.63. The van der Waals surface area contributed by atoms with Gasteiger partial charge < -0.3 is 25.3 Å². The quantitative estimate of drug-likeness (QED) is 0.575. The van der Waals surface area contributed by atoms with Gasteiger partial charge in [0.2, 0.25) is 0 Å². The Morgan fingerprint density at radius 3 is 2.11 bits per heavy atom. The molecule has 0 aromatic carbocycles. The van der Waals surface area contributed by atoms with Gasteiger partial charge in [0.1, 0.15) is 12.2 Å². The van der Waals surface area contributed by atoms with Crippen LogP contribution in [0.3, 0.4) is 0 Å². The fourth-order valence-electron chi connectivity index (χ4n) is 1.78. The van der Waals surface area contributed by atoms with Gasteiger partial charge in [-0.25, -0.2) is 0 Å². The van der Waals surface area contributed by atoms with E-state index < -0.39 is 0 Å². The number of nitrogens with zero attached hydrogens (tertiary/aromatic N) is 1. The summed E-state index contributed by atoms with van der Waals surface area (Å²) in [7, 11) is 0. The molecule has 0 spiro atoms. The molecule has 3 saturated heterocycles. The summed E-state index contributed by atoms with van der Waals surface area (Å²) in [6.07, 6.45) is 0.785. The summed E-state index contributed by atoms with van der Waals surface area (Å²) < 4.78 is 15.1. The molecule has 0 aromatic heterocycles. The molecule has 0 radical (unpaired) electrons. The first kappa shape index (κ1) is 14.2. The number of hydrogen-bond acceptors (Lipinski definition) is 6. The Morgan fingerprint density at radius 2 is 1.67 bits per heavy atom. The Hall–Kier alpha value is -0.240. The van der Waals surface area contributed by atoms with Crippen LogP contribution < -0.4 is 11.1 Å². The van der Waals surface area contributed by atoms with E-state index in [1.165, 1.54) is 0 Å². The van der Waals surface area contributed by atoms with Crippen molar-refractivity contribution in [1.82, 2.24) is 10.2 Å². The van der Waals surface area contributed by atoms with Crippen molar-refractivity contribution in [1.29, 1.82) is 0 Å². The van der Waals surface area contributed by atoms with Gasteiger partial charge in [0.15, 0.2) is 0 Å². The summed E-state index contributed by atoms with van der Waals surface area (Å²) in [6, 6.07) is 0. The van der Waals surface area contributed by atoms with E-state index in [9.17, 15) is 0 Å². The first-order chi connectivity index (χ1) is 8.88. The number of nitrogens with two attached hydrogens (primary N) is 1. The maximum atomic E-state index is 5.40. The van der Waals surface area contributed by atoms with E-state index >= 15 is 0 Å². The van der Waals surface area contributed by atoms with Crippen LogP contribution in [-0.4, -0.2) is 82.8 Å². The van der Waals surface area contributed by atoms with Crippen LogP contribution in [-0.2, 0) is 14.2 Å². The van der Waals surface area contributed by atoms with Gasteiger partial charge in [-0.3, -0.25) is 4.90 Å². The van der Waals surface area contributed by atoms with Crippen molar-refractivity contribution in [3.8, 4) is 0 Å². The van der Waals surface area contributed by atoms with E-state index in [2.05, 4.69) is 10.2 Å². The van der Waals surface area contributed by atoms with E-state index in [1.54, 1.807) is 0 Å². The van der Waals surface area contributed by atoms with Gasteiger partial charge in [-0.2, -0.15) is 0 Å². The van der Waals surface area contributed by atoms with Crippen molar-refractivity contribution in [2.45, 2.75) is 12.2 Å². The predicted octanol–water partition coefficient (Wildman–Crippen LogP) is -1.35. The number of piperazine rings is 1. The molecule has 6 nitrogen and oxygen atoms in total. The Bertz CT molecular complexity index is 202. The second-order valence-corrected chi connectivity index (χ2v) is 4.83. The number of nitrogens with one attached hydrogen (secondary N) is 1. The Labute approximate surface area is 109 Å². The molecule has 0 aromatic rings. The molecule has 3 rings (SSSR count). The molecule has 3 fully saturated rings. The number of rotatable bonds is 6. The van der Waals surface area contributed by atoms with Gasteiger partial charge in [-0.1, -0.05) is 0 Å². The van der Waals surface area contributed by atoms with E-state index in [0.717, 1.165) is 65.7 Å². The Morgan fingerprint density at radius 1 is 1.11 bits per heavy atom. The number of hydrogen-bond donors (Lipinski definition) is 2. The molecule has 3 aliphatic rings. The molecular formula is C12H25N3O3. The van der Waals surface area contributed by atoms with Crippen LogP contribution in [0.2, 0.25) is 0 Å². The van der Waals surface area contributed by atoms with Crippen LogP contribution in [0.5, 0.6) is 0 Å². The summed E-state index contributed by atoms with van der Waals surface area (Å²) in [6.45, 7) is 9.69.